The summed E-state index contributed by atoms with van der Waals surface area (Å²) in [7, 11) is 0. The number of benzene rings is 1. The summed E-state index contributed by atoms with van der Waals surface area (Å²) in [5.74, 6) is -0.201. The van der Waals surface area contributed by atoms with E-state index >= 15 is 0 Å². The average Bonchev–Trinajstić information content (AvgIpc) is 2.71. The van der Waals surface area contributed by atoms with Crippen LogP contribution in [0.4, 0.5) is 4.39 Å². The van der Waals surface area contributed by atoms with Gasteiger partial charge < -0.3 is 5.73 Å². The number of hydrogen-bond acceptors (Lipinski definition) is 3. The molecule has 2 rings (SSSR count). The lowest BCUT2D eigenvalue weighted by molar-refractivity contribution is 0.622. The van der Waals surface area contributed by atoms with Gasteiger partial charge in [0.1, 0.15) is 10.8 Å². The first kappa shape index (κ1) is 11.2. The summed E-state index contributed by atoms with van der Waals surface area (Å²) in [6.07, 6.45) is 1.71. The molecule has 0 radical (unpaired) electrons. The van der Waals surface area contributed by atoms with Crippen molar-refractivity contribution in [1.29, 1.82) is 0 Å². The van der Waals surface area contributed by atoms with Crippen LogP contribution in [0.15, 0.2) is 24.4 Å². The molecule has 1 aromatic heterocycles. The number of hydrogen-bond donors (Lipinski definition) is 1. The van der Waals surface area contributed by atoms with Crippen molar-refractivity contribution in [3.05, 3.63) is 40.7 Å². The van der Waals surface area contributed by atoms with E-state index in [1.807, 2.05) is 13.0 Å². The third-order valence-electron chi connectivity index (χ3n) is 2.39. The normalized spacial score (nSPS) is 12.8. The largest absolute Gasteiger partial charge is 0.323 e. The molecule has 0 spiro atoms. The van der Waals surface area contributed by atoms with E-state index in [2.05, 4.69) is 4.98 Å². The molecule has 0 fully saturated rings. The lowest BCUT2D eigenvalue weighted by atomic mass is 10.1. The van der Waals surface area contributed by atoms with Crippen molar-refractivity contribution in [3.63, 3.8) is 0 Å². The van der Waals surface area contributed by atoms with Crippen LogP contribution >= 0.6 is 11.3 Å². The maximum atomic E-state index is 13.8. The van der Waals surface area contributed by atoms with Gasteiger partial charge in [-0.1, -0.05) is 12.1 Å². The molecular weight excluding hydrogens is 223 g/mol. The summed E-state index contributed by atoms with van der Waals surface area (Å²) in [4.78, 5) is 5.18. The van der Waals surface area contributed by atoms with Gasteiger partial charge in [-0.15, -0.1) is 11.3 Å². The van der Waals surface area contributed by atoms with Crippen LogP contribution in [0.25, 0.3) is 10.6 Å². The van der Waals surface area contributed by atoms with Gasteiger partial charge in [0.05, 0.1) is 0 Å². The minimum atomic E-state index is -0.201. The van der Waals surface area contributed by atoms with Gasteiger partial charge in [0.25, 0.3) is 0 Å². The minimum Gasteiger partial charge on any atom is -0.323 e. The highest BCUT2D eigenvalue weighted by atomic mass is 32.1. The number of nitrogens with zero attached hydrogens (tertiary/aromatic N) is 1. The van der Waals surface area contributed by atoms with Gasteiger partial charge in [0.15, 0.2) is 0 Å². The molecule has 2 N–H and O–H groups in total. The van der Waals surface area contributed by atoms with Gasteiger partial charge in [-0.2, -0.15) is 0 Å². The molecular formula is C12H13FN2S. The van der Waals surface area contributed by atoms with E-state index in [0.717, 1.165) is 4.88 Å². The number of aryl methyl sites for hydroxylation is 1. The van der Waals surface area contributed by atoms with E-state index < -0.39 is 0 Å². The third-order valence-corrected chi connectivity index (χ3v) is 3.63. The molecule has 0 bridgehead atoms. The molecule has 1 aromatic carbocycles. The van der Waals surface area contributed by atoms with Crippen molar-refractivity contribution in [2.45, 2.75) is 19.9 Å². The molecule has 0 aliphatic rings. The molecule has 2 nitrogen and oxygen atoms in total. The van der Waals surface area contributed by atoms with Crippen molar-refractivity contribution < 1.29 is 4.39 Å². The van der Waals surface area contributed by atoms with Crippen molar-refractivity contribution >= 4 is 11.3 Å². The topological polar surface area (TPSA) is 38.9 Å². The first-order valence-corrected chi connectivity index (χ1v) is 5.88. The SMILES string of the molecule is Cc1cccc(-c2ncc(C(C)N)s2)c1F. The van der Waals surface area contributed by atoms with Crippen LogP contribution < -0.4 is 5.73 Å². The van der Waals surface area contributed by atoms with E-state index in [-0.39, 0.29) is 11.9 Å². The molecule has 0 saturated carbocycles. The predicted octanol–water partition coefficient (Wildman–Crippen LogP) is 3.28. The van der Waals surface area contributed by atoms with Crippen LogP contribution in [0, 0.1) is 12.7 Å². The first-order valence-electron chi connectivity index (χ1n) is 5.06. The van der Waals surface area contributed by atoms with Crippen molar-refractivity contribution in [3.8, 4) is 10.6 Å². The van der Waals surface area contributed by atoms with Gasteiger partial charge in [0, 0.05) is 22.7 Å². The lowest BCUT2D eigenvalue weighted by Crippen LogP contribution is -2.01. The fourth-order valence-electron chi connectivity index (χ4n) is 1.43. The summed E-state index contributed by atoms with van der Waals surface area (Å²) in [5.41, 5.74) is 6.94. The second kappa shape index (κ2) is 4.31. The van der Waals surface area contributed by atoms with Gasteiger partial charge in [-0.05, 0) is 25.5 Å². The predicted molar refractivity (Wildman–Crippen MR) is 64.8 cm³/mol. The van der Waals surface area contributed by atoms with E-state index in [1.165, 1.54) is 11.3 Å². The number of nitrogens with two attached hydrogens (primary N) is 1. The summed E-state index contributed by atoms with van der Waals surface area (Å²) in [5, 5.41) is 0.688. The molecule has 4 heteroatoms. The summed E-state index contributed by atoms with van der Waals surface area (Å²) in [6.45, 7) is 3.64. The zero-order valence-corrected chi connectivity index (χ0v) is 10.0. The Morgan fingerprint density at radius 2 is 2.19 bits per heavy atom. The van der Waals surface area contributed by atoms with E-state index in [1.54, 1.807) is 25.3 Å². The molecule has 0 aliphatic carbocycles. The van der Waals surface area contributed by atoms with Gasteiger partial charge in [-0.3, -0.25) is 0 Å². The fourth-order valence-corrected chi connectivity index (χ4v) is 2.32. The van der Waals surface area contributed by atoms with Crippen LogP contribution in [0.1, 0.15) is 23.4 Å². The van der Waals surface area contributed by atoms with Gasteiger partial charge in [-0.25, -0.2) is 9.37 Å². The highest BCUT2D eigenvalue weighted by Gasteiger charge is 2.12. The maximum absolute atomic E-state index is 13.8. The van der Waals surface area contributed by atoms with Crippen LogP contribution in [0.2, 0.25) is 0 Å². The Balaban J connectivity index is 2.47. The van der Waals surface area contributed by atoms with E-state index in [0.29, 0.717) is 16.1 Å². The lowest BCUT2D eigenvalue weighted by Gasteiger charge is -2.01. The molecule has 1 unspecified atom stereocenters. The van der Waals surface area contributed by atoms with Crippen LogP contribution in [-0.2, 0) is 0 Å². The standard InChI is InChI=1S/C12H13FN2S/c1-7-4-3-5-9(11(7)13)12-15-6-10(16-12)8(2)14/h3-6,8H,14H2,1-2H3. The Bertz CT molecular complexity index is 505. The number of rotatable bonds is 2. The molecule has 1 atom stereocenters. The second-order valence-corrected chi connectivity index (χ2v) is 4.86. The Hall–Kier alpha value is -1.26. The molecule has 2 aromatic rings. The fraction of sp³-hybridized carbons (Fsp3) is 0.250. The molecule has 0 amide bonds. The third kappa shape index (κ3) is 1.99. The van der Waals surface area contributed by atoms with Crippen LogP contribution in [0.3, 0.4) is 0 Å². The Kier molecular flexibility index (Phi) is 3.03. The maximum Gasteiger partial charge on any atom is 0.136 e. The van der Waals surface area contributed by atoms with E-state index in [9.17, 15) is 4.39 Å². The zero-order valence-electron chi connectivity index (χ0n) is 9.20. The Morgan fingerprint density at radius 1 is 1.44 bits per heavy atom. The Morgan fingerprint density at radius 3 is 2.81 bits per heavy atom. The van der Waals surface area contributed by atoms with Crippen molar-refractivity contribution in [2.24, 2.45) is 5.73 Å². The molecule has 0 saturated heterocycles. The highest BCUT2D eigenvalue weighted by Crippen LogP contribution is 2.30. The molecule has 0 aliphatic heterocycles. The number of aromatic nitrogens is 1. The summed E-state index contributed by atoms with van der Waals surface area (Å²) < 4.78 is 13.8. The first-order chi connectivity index (χ1) is 7.59. The van der Waals surface area contributed by atoms with Crippen LogP contribution in [0.5, 0.6) is 0 Å². The minimum absolute atomic E-state index is 0.0564. The van der Waals surface area contributed by atoms with Gasteiger partial charge in [0.2, 0.25) is 0 Å². The quantitative estimate of drug-likeness (QED) is 0.869. The van der Waals surface area contributed by atoms with Crippen molar-refractivity contribution in [2.75, 3.05) is 0 Å². The molecule has 16 heavy (non-hydrogen) atoms. The summed E-state index contributed by atoms with van der Waals surface area (Å²) in [6, 6.07) is 5.27. The zero-order chi connectivity index (χ0) is 11.7. The van der Waals surface area contributed by atoms with Crippen LogP contribution in [-0.4, -0.2) is 4.98 Å². The second-order valence-electron chi connectivity index (χ2n) is 3.79. The smallest absolute Gasteiger partial charge is 0.136 e. The molecule has 84 valence electrons. The Labute approximate surface area is 97.9 Å². The monoisotopic (exact) mass is 236 g/mol. The number of halogens is 1. The van der Waals surface area contributed by atoms with Gasteiger partial charge >= 0.3 is 0 Å². The summed E-state index contributed by atoms with van der Waals surface area (Å²) >= 11 is 1.44. The number of thiazole rings is 1. The van der Waals surface area contributed by atoms with Crippen molar-refractivity contribution in [1.82, 2.24) is 4.98 Å². The average molecular weight is 236 g/mol. The molecule has 1 heterocycles. The highest BCUT2D eigenvalue weighted by molar-refractivity contribution is 7.15. The van der Waals surface area contributed by atoms with E-state index in [4.69, 9.17) is 5.73 Å².